The number of rotatable bonds is 6. The van der Waals surface area contributed by atoms with E-state index in [4.69, 9.17) is 9.47 Å². The van der Waals surface area contributed by atoms with Gasteiger partial charge >= 0.3 is 0 Å². The zero-order chi connectivity index (χ0) is 15.2. The molecule has 0 aliphatic carbocycles. The quantitative estimate of drug-likeness (QED) is 0.584. The first-order chi connectivity index (χ1) is 10.1. The normalized spacial score (nSPS) is 10.4. The third kappa shape index (κ3) is 3.93. The second-order valence-corrected chi connectivity index (χ2v) is 5.54. The standard InChI is InChI=1S/C17H17BrO3/c1-12-11-13(18)7-8-14(12)17(19)15-5-3-4-6-16(15)21-10-9-20-2/h3-8,11H,9-10H2,1-2H3. The summed E-state index contributed by atoms with van der Waals surface area (Å²) in [5.74, 6) is 0.551. The fourth-order valence-corrected chi connectivity index (χ4v) is 2.52. The number of para-hydroxylation sites is 1. The number of aryl methyl sites for hydroxylation is 1. The molecule has 0 bridgehead atoms. The van der Waals surface area contributed by atoms with E-state index in [1.165, 1.54) is 0 Å². The van der Waals surface area contributed by atoms with Gasteiger partial charge in [0.1, 0.15) is 12.4 Å². The Hall–Kier alpha value is -1.65. The minimum absolute atomic E-state index is 0.0342. The molecule has 2 rings (SSSR count). The lowest BCUT2D eigenvalue weighted by molar-refractivity contribution is 0.103. The molecule has 110 valence electrons. The van der Waals surface area contributed by atoms with Gasteiger partial charge in [0.2, 0.25) is 0 Å². The molecule has 0 N–H and O–H groups in total. The van der Waals surface area contributed by atoms with Crippen LogP contribution in [0.2, 0.25) is 0 Å². The lowest BCUT2D eigenvalue weighted by Gasteiger charge is -2.11. The van der Waals surface area contributed by atoms with E-state index in [1.807, 2.05) is 37.3 Å². The summed E-state index contributed by atoms with van der Waals surface area (Å²) in [7, 11) is 1.62. The van der Waals surface area contributed by atoms with Crippen LogP contribution in [0.15, 0.2) is 46.9 Å². The van der Waals surface area contributed by atoms with Gasteiger partial charge in [-0.05, 0) is 42.8 Å². The second-order valence-electron chi connectivity index (χ2n) is 4.63. The SMILES string of the molecule is COCCOc1ccccc1C(=O)c1ccc(Br)cc1C. The molecule has 3 nitrogen and oxygen atoms in total. The Morgan fingerprint density at radius 3 is 2.57 bits per heavy atom. The minimum atomic E-state index is -0.0342. The molecule has 21 heavy (non-hydrogen) atoms. The highest BCUT2D eigenvalue weighted by Crippen LogP contribution is 2.24. The predicted octanol–water partition coefficient (Wildman–Crippen LogP) is 4.01. The van der Waals surface area contributed by atoms with E-state index in [1.54, 1.807) is 19.2 Å². The first-order valence-corrected chi connectivity index (χ1v) is 7.44. The average Bonchev–Trinajstić information content (AvgIpc) is 2.47. The van der Waals surface area contributed by atoms with Gasteiger partial charge in [0.15, 0.2) is 5.78 Å². The van der Waals surface area contributed by atoms with Crippen molar-refractivity contribution < 1.29 is 14.3 Å². The van der Waals surface area contributed by atoms with Crippen LogP contribution in [0.25, 0.3) is 0 Å². The molecule has 0 saturated heterocycles. The Labute approximate surface area is 133 Å². The van der Waals surface area contributed by atoms with Crippen molar-refractivity contribution in [1.82, 2.24) is 0 Å². The number of methoxy groups -OCH3 is 1. The molecule has 0 aromatic heterocycles. The summed E-state index contributed by atoms with van der Waals surface area (Å²) < 4.78 is 11.6. The number of ketones is 1. The second kappa shape index (κ2) is 7.38. The predicted molar refractivity (Wildman–Crippen MR) is 86.1 cm³/mol. The van der Waals surface area contributed by atoms with Crippen LogP contribution in [0.5, 0.6) is 5.75 Å². The van der Waals surface area contributed by atoms with E-state index >= 15 is 0 Å². The van der Waals surface area contributed by atoms with Crippen LogP contribution in [0.3, 0.4) is 0 Å². The molecule has 0 radical (unpaired) electrons. The van der Waals surface area contributed by atoms with Gasteiger partial charge in [-0.15, -0.1) is 0 Å². The van der Waals surface area contributed by atoms with Gasteiger partial charge in [0.05, 0.1) is 12.2 Å². The molecule has 0 aliphatic heterocycles. The number of benzene rings is 2. The number of carbonyl (C=O) groups is 1. The fourth-order valence-electron chi connectivity index (χ4n) is 2.04. The molecule has 0 atom stereocenters. The maximum atomic E-state index is 12.7. The van der Waals surface area contributed by atoms with Gasteiger partial charge < -0.3 is 9.47 Å². The van der Waals surface area contributed by atoms with Crippen molar-refractivity contribution in [2.75, 3.05) is 20.3 Å². The van der Waals surface area contributed by atoms with Crippen LogP contribution in [-0.4, -0.2) is 26.1 Å². The van der Waals surface area contributed by atoms with E-state index < -0.39 is 0 Å². The van der Waals surface area contributed by atoms with Crippen LogP contribution >= 0.6 is 15.9 Å². The molecule has 2 aromatic rings. The number of carbonyl (C=O) groups excluding carboxylic acids is 1. The van der Waals surface area contributed by atoms with Gasteiger partial charge in [-0.2, -0.15) is 0 Å². The van der Waals surface area contributed by atoms with Crippen molar-refractivity contribution in [3.05, 3.63) is 63.6 Å². The summed E-state index contributed by atoms with van der Waals surface area (Å²) in [4.78, 5) is 12.7. The Kier molecular flexibility index (Phi) is 5.53. The molecule has 0 spiro atoms. The first kappa shape index (κ1) is 15.7. The number of hydrogen-bond donors (Lipinski definition) is 0. The largest absolute Gasteiger partial charge is 0.490 e. The highest BCUT2D eigenvalue weighted by molar-refractivity contribution is 9.10. The van der Waals surface area contributed by atoms with Crippen molar-refractivity contribution in [3.8, 4) is 5.75 Å². The molecule has 0 amide bonds. The summed E-state index contributed by atoms with van der Waals surface area (Å²) in [6.07, 6.45) is 0. The molecule has 0 unspecified atom stereocenters. The number of ether oxygens (including phenoxy) is 2. The van der Waals surface area contributed by atoms with Crippen LogP contribution < -0.4 is 4.74 Å². The Bertz CT molecular complexity index is 638. The summed E-state index contributed by atoms with van der Waals surface area (Å²) in [5.41, 5.74) is 2.18. The van der Waals surface area contributed by atoms with Gasteiger partial charge in [0.25, 0.3) is 0 Å². The zero-order valence-corrected chi connectivity index (χ0v) is 13.6. The maximum Gasteiger partial charge on any atom is 0.197 e. The van der Waals surface area contributed by atoms with Crippen molar-refractivity contribution in [1.29, 1.82) is 0 Å². The van der Waals surface area contributed by atoms with Crippen molar-refractivity contribution in [3.63, 3.8) is 0 Å². The van der Waals surface area contributed by atoms with Crippen molar-refractivity contribution in [2.24, 2.45) is 0 Å². The van der Waals surface area contributed by atoms with E-state index in [2.05, 4.69) is 15.9 Å². The summed E-state index contributed by atoms with van der Waals surface area (Å²) in [6, 6.07) is 12.9. The smallest absolute Gasteiger partial charge is 0.197 e. The number of halogens is 1. The molecule has 0 fully saturated rings. The third-order valence-corrected chi connectivity index (χ3v) is 3.60. The lowest BCUT2D eigenvalue weighted by Crippen LogP contribution is -2.10. The first-order valence-electron chi connectivity index (χ1n) is 6.65. The number of hydrogen-bond acceptors (Lipinski definition) is 3. The minimum Gasteiger partial charge on any atom is -0.490 e. The Balaban J connectivity index is 2.30. The van der Waals surface area contributed by atoms with Crippen LogP contribution in [-0.2, 0) is 4.74 Å². The fraction of sp³-hybridized carbons (Fsp3) is 0.235. The molecule has 4 heteroatoms. The van der Waals surface area contributed by atoms with Gasteiger partial charge in [-0.1, -0.05) is 28.1 Å². The van der Waals surface area contributed by atoms with Crippen LogP contribution in [0, 0.1) is 6.92 Å². The highest BCUT2D eigenvalue weighted by atomic mass is 79.9. The molecular weight excluding hydrogens is 332 g/mol. The summed E-state index contributed by atoms with van der Waals surface area (Å²) in [6.45, 7) is 2.83. The lowest BCUT2D eigenvalue weighted by atomic mass is 9.98. The summed E-state index contributed by atoms with van der Waals surface area (Å²) >= 11 is 3.41. The van der Waals surface area contributed by atoms with Crippen LogP contribution in [0.1, 0.15) is 21.5 Å². The summed E-state index contributed by atoms with van der Waals surface area (Å²) in [5, 5.41) is 0. The van der Waals surface area contributed by atoms with Crippen molar-refractivity contribution >= 4 is 21.7 Å². The van der Waals surface area contributed by atoms with Gasteiger partial charge in [-0.25, -0.2) is 0 Å². The third-order valence-electron chi connectivity index (χ3n) is 3.11. The molecule has 0 heterocycles. The topological polar surface area (TPSA) is 35.5 Å². The van der Waals surface area contributed by atoms with E-state index in [0.717, 1.165) is 10.0 Å². The van der Waals surface area contributed by atoms with E-state index in [0.29, 0.717) is 30.1 Å². The molecular formula is C17H17BrO3. The van der Waals surface area contributed by atoms with E-state index in [-0.39, 0.29) is 5.78 Å². The Morgan fingerprint density at radius 1 is 1.10 bits per heavy atom. The van der Waals surface area contributed by atoms with Gasteiger partial charge in [0, 0.05) is 17.1 Å². The molecule has 0 saturated carbocycles. The van der Waals surface area contributed by atoms with E-state index in [9.17, 15) is 4.79 Å². The Morgan fingerprint density at radius 2 is 1.86 bits per heavy atom. The van der Waals surface area contributed by atoms with Crippen molar-refractivity contribution in [2.45, 2.75) is 6.92 Å². The average molecular weight is 349 g/mol. The molecule has 0 aliphatic rings. The van der Waals surface area contributed by atoms with Gasteiger partial charge in [-0.3, -0.25) is 4.79 Å². The molecule has 2 aromatic carbocycles. The maximum absolute atomic E-state index is 12.7. The van der Waals surface area contributed by atoms with Crippen LogP contribution in [0.4, 0.5) is 0 Å². The zero-order valence-electron chi connectivity index (χ0n) is 12.1. The highest BCUT2D eigenvalue weighted by Gasteiger charge is 2.16. The monoisotopic (exact) mass is 348 g/mol.